The number of hydrogen-bond acceptors (Lipinski definition) is 4. The Morgan fingerprint density at radius 2 is 1.83 bits per heavy atom. The summed E-state index contributed by atoms with van der Waals surface area (Å²) in [6.07, 6.45) is 1.45. The van der Waals surface area contributed by atoms with Gasteiger partial charge in [-0.25, -0.2) is 0 Å². The number of ether oxygens (including phenoxy) is 2. The molecule has 0 unspecified atom stereocenters. The van der Waals surface area contributed by atoms with E-state index in [9.17, 15) is 10.1 Å². The molecule has 0 saturated carbocycles. The van der Waals surface area contributed by atoms with Gasteiger partial charge in [-0.3, -0.25) is 4.79 Å². The number of hydrogen-bond donors (Lipinski definition) is 1. The summed E-state index contributed by atoms with van der Waals surface area (Å²) in [6.45, 7) is 1.99. The second-order valence-electron chi connectivity index (χ2n) is 7.20. The van der Waals surface area contributed by atoms with E-state index in [1.807, 2.05) is 6.07 Å². The normalized spacial score (nSPS) is 11.1. The number of anilines is 1. The van der Waals surface area contributed by atoms with Crippen LogP contribution in [0.4, 0.5) is 5.69 Å². The van der Waals surface area contributed by atoms with Gasteiger partial charge in [-0.2, -0.15) is 5.26 Å². The van der Waals surface area contributed by atoms with Crippen LogP contribution >= 0.6 is 66.7 Å². The van der Waals surface area contributed by atoms with Crippen LogP contribution in [-0.2, 0) is 11.4 Å². The monoisotopic (exact) mass is 656 g/mol. The Labute approximate surface area is 234 Å². The summed E-state index contributed by atoms with van der Waals surface area (Å²) in [6, 6.07) is 14.0. The predicted octanol–water partition coefficient (Wildman–Crippen LogP) is 8.61. The van der Waals surface area contributed by atoms with E-state index in [2.05, 4.69) is 37.2 Å². The predicted molar refractivity (Wildman–Crippen MR) is 148 cm³/mol. The van der Waals surface area contributed by atoms with Crippen molar-refractivity contribution < 1.29 is 14.3 Å². The van der Waals surface area contributed by atoms with E-state index in [1.165, 1.54) is 13.2 Å². The number of nitrogens with one attached hydrogen (secondary N) is 1. The van der Waals surface area contributed by atoms with E-state index in [0.29, 0.717) is 52.3 Å². The van der Waals surface area contributed by atoms with Gasteiger partial charge in [-0.1, -0.05) is 46.9 Å². The number of carbonyl (C=O) groups is 1. The van der Waals surface area contributed by atoms with Crippen molar-refractivity contribution in [1.82, 2.24) is 0 Å². The zero-order valence-electron chi connectivity index (χ0n) is 18.4. The van der Waals surface area contributed by atoms with Crippen molar-refractivity contribution in [2.45, 2.75) is 13.5 Å². The summed E-state index contributed by atoms with van der Waals surface area (Å²) in [4.78, 5) is 12.8. The Bertz CT molecular complexity index is 1370. The number of methoxy groups -OCH3 is 1. The van der Waals surface area contributed by atoms with Gasteiger partial charge in [0.25, 0.3) is 5.91 Å². The molecular formula is C25H17Br2Cl3N2O3. The molecule has 0 aliphatic rings. The van der Waals surface area contributed by atoms with Crippen LogP contribution in [0.5, 0.6) is 11.5 Å². The number of nitrogens with zero attached hydrogens (tertiary/aromatic N) is 1. The molecule has 0 radical (unpaired) electrons. The Balaban J connectivity index is 1.90. The maximum Gasteiger partial charge on any atom is 0.266 e. The van der Waals surface area contributed by atoms with Crippen molar-refractivity contribution in [3.63, 3.8) is 0 Å². The molecule has 0 bridgehead atoms. The van der Waals surface area contributed by atoms with Gasteiger partial charge in [0.05, 0.1) is 21.6 Å². The fourth-order valence-electron chi connectivity index (χ4n) is 3.02. The first-order chi connectivity index (χ1) is 16.7. The number of benzene rings is 3. The molecule has 180 valence electrons. The molecular weight excluding hydrogens is 642 g/mol. The summed E-state index contributed by atoms with van der Waals surface area (Å²) < 4.78 is 12.6. The number of halogens is 5. The van der Waals surface area contributed by atoms with Crippen molar-refractivity contribution >= 4 is 84.3 Å². The summed E-state index contributed by atoms with van der Waals surface area (Å²) in [5.74, 6) is 0.259. The number of amides is 1. The van der Waals surface area contributed by atoms with Gasteiger partial charge in [-0.05, 0) is 91.9 Å². The van der Waals surface area contributed by atoms with Crippen LogP contribution in [-0.4, -0.2) is 13.0 Å². The highest BCUT2D eigenvalue weighted by Crippen LogP contribution is 2.44. The van der Waals surface area contributed by atoms with E-state index in [0.717, 1.165) is 5.56 Å². The molecule has 0 aromatic heterocycles. The fraction of sp³-hybridized carbons (Fsp3) is 0.120. The van der Waals surface area contributed by atoms with Crippen LogP contribution < -0.4 is 14.8 Å². The topological polar surface area (TPSA) is 71.3 Å². The molecule has 3 aromatic carbocycles. The Morgan fingerprint density at radius 3 is 2.49 bits per heavy atom. The maximum absolute atomic E-state index is 12.8. The average molecular weight is 660 g/mol. The Kier molecular flexibility index (Phi) is 9.51. The third-order valence-electron chi connectivity index (χ3n) is 4.92. The van der Waals surface area contributed by atoms with Crippen molar-refractivity contribution in [3.8, 4) is 17.6 Å². The second-order valence-corrected chi connectivity index (χ2v) is 10.0. The Hall–Kier alpha value is -2.21. The van der Waals surface area contributed by atoms with E-state index in [4.69, 9.17) is 44.3 Å². The van der Waals surface area contributed by atoms with Crippen LogP contribution in [0, 0.1) is 18.3 Å². The van der Waals surface area contributed by atoms with Gasteiger partial charge in [0, 0.05) is 15.2 Å². The SMILES string of the molecule is COc1cc(/C=C(/C#N)C(=O)Nc2cccc(Cl)c2C)c(Br)c(Br)c1OCc1ccc(Cl)c(Cl)c1. The number of nitriles is 1. The number of rotatable bonds is 7. The van der Waals surface area contributed by atoms with Crippen molar-refractivity contribution in [2.75, 3.05) is 12.4 Å². The van der Waals surface area contributed by atoms with E-state index in [1.54, 1.807) is 49.4 Å². The van der Waals surface area contributed by atoms with E-state index >= 15 is 0 Å². The molecule has 0 atom stereocenters. The standard InChI is InChI=1S/C25H17Br2Cl3N2O3/c1-13-17(28)4-3-5-20(13)32-25(33)16(11-31)9-15-10-21(34-2)24(23(27)22(15)26)35-12-14-6-7-18(29)19(30)8-14/h3-10H,12H2,1-2H3,(H,32,33)/b16-9-. The highest BCUT2D eigenvalue weighted by molar-refractivity contribution is 9.13. The highest BCUT2D eigenvalue weighted by atomic mass is 79.9. The maximum atomic E-state index is 12.8. The minimum absolute atomic E-state index is 0.108. The molecule has 1 amide bonds. The first-order valence-corrected chi connectivity index (χ1v) is 12.7. The Morgan fingerprint density at radius 1 is 1.09 bits per heavy atom. The third-order valence-corrected chi connectivity index (χ3v) is 8.22. The molecule has 0 fully saturated rings. The van der Waals surface area contributed by atoms with Crippen LogP contribution in [0.2, 0.25) is 15.1 Å². The van der Waals surface area contributed by atoms with Gasteiger partial charge in [-0.15, -0.1) is 0 Å². The second kappa shape index (κ2) is 12.2. The quantitative estimate of drug-likeness (QED) is 0.204. The highest BCUT2D eigenvalue weighted by Gasteiger charge is 2.19. The lowest BCUT2D eigenvalue weighted by atomic mass is 10.1. The molecule has 0 heterocycles. The molecule has 3 rings (SSSR count). The molecule has 0 aliphatic carbocycles. The van der Waals surface area contributed by atoms with Gasteiger partial charge in [0.1, 0.15) is 18.2 Å². The van der Waals surface area contributed by atoms with Gasteiger partial charge < -0.3 is 14.8 Å². The van der Waals surface area contributed by atoms with Crippen molar-refractivity contribution in [1.29, 1.82) is 5.26 Å². The molecule has 3 aromatic rings. The first-order valence-electron chi connectivity index (χ1n) is 9.97. The van der Waals surface area contributed by atoms with Crippen LogP contribution in [0.25, 0.3) is 6.08 Å². The van der Waals surface area contributed by atoms with Gasteiger partial charge >= 0.3 is 0 Å². The first kappa shape index (κ1) is 27.4. The zero-order valence-corrected chi connectivity index (χ0v) is 23.8. The summed E-state index contributed by atoms with van der Waals surface area (Å²) >= 11 is 25.2. The molecule has 0 saturated heterocycles. The van der Waals surface area contributed by atoms with Crippen LogP contribution in [0.1, 0.15) is 16.7 Å². The average Bonchev–Trinajstić information content (AvgIpc) is 2.84. The molecule has 0 spiro atoms. The zero-order chi connectivity index (χ0) is 25.7. The molecule has 10 heteroatoms. The van der Waals surface area contributed by atoms with Crippen molar-refractivity contribution in [3.05, 3.63) is 88.7 Å². The minimum atomic E-state index is -0.570. The minimum Gasteiger partial charge on any atom is -0.493 e. The molecule has 35 heavy (non-hydrogen) atoms. The largest absolute Gasteiger partial charge is 0.493 e. The lowest BCUT2D eigenvalue weighted by molar-refractivity contribution is -0.112. The lowest BCUT2D eigenvalue weighted by Crippen LogP contribution is -2.14. The van der Waals surface area contributed by atoms with E-state index in [-0.39, 0.29) is 12.2 Å². The summed E-state index contributed by atoms with van der Waals surface area (Å²) in [5, 5.41) is 13.8. The lowest BCUT2D eigenvalue weighted by Gasteiger charge is -2.16. The van der Waals surface area contributed by atoms with Gasteiger partial charge in [0.2, 0.25) is 0 Å². The molecule has 0 aliphatic heterocycles. The smallest absolute Gasteiger partial charge is 0.266 e. The summed E-state index contributed by atoms with van der Waals surface area (Å²) in [5.41, 5.74) is 2.46. The molecule has 1 N–H and O–H groups in total. The van der Waals surface area contributed by atoms with Gasteiger partial charge in [0.15, 0.2) is 11.5 Å². The molecule has 5 nitrogen and oxygen atoms in total. The summed E-state index contributed by atoms with van der Waals surface area (Å²) in [7, 11) is 1.50. The van der Waals surface area contributed by atoms with Crippen molar-refractivity contribution in [2.24, 2.45) is 0 Å². The fourth-order valence-corrected chi connectivity index (χ4v) is 4.46. The third kappa shape index (κ3) is 6.52. The van der Waals surface area contributed by atoms with E-state index < -0.39 is 5.91 Å². The van der Waals surface area contributed by atoms with Crippen LogP contribution in [0.3, 0.4) is 0 Å². The number of carbonyl (C=O) groups excluding carboxylic acids is 1. The van der Waals surface area contributed by atoms with Crippen LogP contribution in [0.15, 0.2) is 57.0 Å².